The third-order valence-electron chi connectivity index (χ3n) is 4.51. The van der Waals surface area contributed by atoms with E-state index in [1.54, 1.807) is 0 Å². The van der Waals surface area contributed by atoms with Crippen molar-refractivity contribution >= 4 is 11.4 Å². The molecule has 0 heterocycles. The van der Waals surface area contributed by atoms with Crippen molar-refractivity contribution in [2.45, 2.75) is 32.6 Å². The first-order chi connectivity index (χ1) is 11.2. The van der Waals surface area contributed by atoms with Gasteiger partial charge in [0.2, 0.25) is 0 Å². The lowest BCUT2D eigenvalue weighted by Gasteiger charge is -2.22. The molecule has 0 saturated carbocycles. The molecule has 1 aliphatic rings. The van der Waals surface area contributed by atoms with Crippen LogP contribution in [0.5, 0.6) is 0 Å². The van der Waals surface area contributed by atoms with Gasteiger partial charge in [-0.1, -0.05) is 50.8 Å². The van der Waals surface area contributed by atoms with Crippen molar-refractivity contribution in [3.8, 4) is 0 Å². The zero-order valence-electron chi connectivity index (χ0n) is 14.5. The van der Waals surface area contributed by atoms with Gasteiger partial charge < -0.3 is 10.6 Å². The number of rotatable bonds is 4. The molecule has 0 aromatic heterocycles. The average Bonchev–Trinajstić information content (AvgIpc) is 3.05. The second-order valence-corrected chi connectivity index (χ2v) is 5.73. The number of hydrogen-bond acceptors (Lipinski definition) is 2. The Morgan fingerprint density at radius 3 is 2.52 bits per heavy atom. The van der Waals surface area contributed by atoms with Crippen molar-refractivity contribution in [2.24, 2.45) is 5.73 Å². The smallest absolute Gasteiger partial charge is 0.0408 e. The van der Waals surface area contributed by atoms with E-state index in [1.807, 2.05) is 32.0 Å². The lowest BCUT2D eigenvalue weighted by molar-refractivity contribution is 0.688. The van der Waals surface area contributed by atoms with E-state index in [9.17, 15) is 0 Å². The standard InChI is InChI=1S/C19H22N2.C2H6/c1-14(21(2)18-6-4-3-5-7-18)15-10-11-19-16(12-15)8-9-17(19)13-20;1-2/h3-7,10-12,17H,1,8-9,13,20H2,2H3;1-2H3. The lowest BCUT2D eigenvalue weighted by Crippen LogP contribution is -2.14. The normalized spacial score (nSPS) is 15.4. The van der Waals surface area contributed by atoms with Gasteiger partial charge in [-0.3, -0.25) is 0 Å². The summed E-state index contributed by atoms with van der Waals surface area (Å²) in [5.41, 5.74) is 12.1. The molecule has 0 fully saturated rings. The molecule has 2 nitrogen and oxygen atoms in total. The molecule has 0 amide bonds. The van der Waals surface area contributed by atoms with Crippen LogP contribution in [0.1, 0.15) is 42.9 Å². The summed E-state index contributed by atoms with van der Waals surface area (Å²) in [6.07, 6.45) is 2.31. The van der Waals surface area contributed by atoms with E-state index in [0.29, 0.717) is 5.92 Å². The van der Waals surface area contributed by atoms with Gasteiger partial charge in [-0.15, -0.1) is 0 Å². The Kier molecular flexibility index (Phi) is 6.00. The largest absolute Gasteiger partial charge is 0.345 e. The minimum atomic E-state index is 0.536. The molecule has 0 radical (unpaired) electrons. The zero-order valence-corrected chi connectivity index (χ0v) is 14.5. The third kappa shape index (κ3) is 3.65. The van der Waals surface area contributed by atoms with E-state index < -0.39 is 0 Å². The van der Waals surface area contributed by atoms with Crippen LogP contribution in [0.15, 0.2) is 55.1 Å². The quantitative estimate of drug-likeness (QED) is 0.878. The number of fused-ring (bicyclic) bond motifs is 1. The van der Waals surface area contributed by atoms with Gasteiger partial charge in [0, 0.05) is 18.4 Å². The van der Waals surface area contributed by atoms with Gasteiger partial charge in [-0.05, 0) is 60.2 Å². The lowest BCUT2D eigenvalue weighted by atomic mass is 9.99. The summed E-state index contributed by atoms with van der Waals surface area (Å²) in [5, 5.41) is 0. The molecule has 0 saturated heterocycles. The van der Waals surface area contributed by atoms with Gasteiger partial charge in [0.05, 0.1) is 0 Å². The molecule has 23 heavy (non-hydrogen) atoms. The molecule has 2 aromatic carbocycles. The highest BCUT2D eigenvalue weighted by Crippen LogP contribution is 2.34. The van der Waals surface area contributed by atoms with Gasteiger partial charge in [0.25, 0.3) is 0 Å². The van der Waals surface area contributed by atoms with Crippen molar-refractivity contribution in [1.82, 2.24) is 0 Å². The number of hydrogen-bond donors (Lipinski definition) is 1. The van der Waals surface area contributed by atoms with Gasteiger partial charge in [-0.2, -0.15) is 0 Å². The number of nitrogens with zero attached hydrogens (tertiary/aromatic N) is 1. The molecule has 3 rings (SSSR count). The Morgan fingerprint density at radius 2 is 1.87 bits per heavy atom. The Balaban J connectivity index is 0.000000924. The summed E-state index contributed by atoms with van der Waals surface area (Å²) in [6.45, 7) is 9.01. The van der Waals surface area contributed by atoms with Gasteiger partial charge >= 0.3 is 0 Å². The maximum atomic E-state index is 5.84. The van der Waals surface area contributed by atoms with Crippen LogP contribution in [0, 0.1) is 0 Å². The number of aryl methyl sites for hydroxylation is 1. The number of anilines is 1. The highest BCUT2D eigenvalue weighted by Gasteiger charge is 2.21. The van der Waals surface area contributed by atoms with Crippen molar-refractivity contribution < 1.29 is 0 Å². The molecule has 2 heteroatoms. The molecule has 1 atom stereocenters. The van der Waals surface area contributed by atoms with E-state index in [2.05, 4.69) is 48.9 Å². The van der Waals surface area contributed by atoms with Gasteiger partial charge in [0.15, 0.2) is 0 Å². The SMILES string of the molecule is C=C(c1ccc2c(c1)CCC2CN)N(C)c1ccccc1.CC. The summed E-state index contributed by atoms with van der Waals surface area (Å²) in [4.78, 5) is 2.14. The van der Waals surface area contributed by atoms with Gasteiger partial charge in [0.1, 0.15) is 0 Å². The minimum Gasteiger partial charge on any atom is -0.345 e. The monoisotopic (exact) mass is 308 g/mol. The van der Waals surface area contributed by atoms with E-state index in [-0.39, 0.29) is 0 Å². The molecular weight excluding hydrogens is 280 g/mol. The van der Waals surface area contributed by atoms with Crippen LogP contribution in [0.3, 0.4) is 0 Å². The van der Waals surface area contributed by atoms with Crippen LogP contribution in [-0.4, -0.2) is 13.6 Å². The molecule has 0 spiro atoms. The molecule has 1 aliphatic carbocycles. The fourth-order valence-corrected chi connectivity index (χ4v) is 3.13. The highest BCUT2D eigenvalue weighted by molar-refractivity contribution is 5.77. The van der Waals surface area contributed by atoms with E-state index in [1.165, 1.54) is 23.1 Å². The van der Waals surface area contributed by atoms with E-state index in [4.69, 9.17) is 5.73 Å². The fraction of sp³-hybridized carbons (Fsp3) is 0.333. The fourth-order valence-electron chi connectivity index (χ4n) is 3.13. The molecule has 1 unspecified atom stereocenters. The zero-order chi connectivity index (χ0) is 16.8. The number of para-hydroxylation sites is 1. The second-order valence-electron chi connectivity index (χ2n) is 5.73. The number of benzene rings is 2. The van der Waals surface area contributed by atoms with Crippen LogP contribution < -0.4 is 10.6 Å². The molecule has 2 aromatic rings. The van der Waals surface area contributed by atoms with Crippen molar-refractivity contribution in [1.29, 1.82) is 0 Å². The average molecular weight is 308 g/mol. The van der Waals surface area contributed by atoms with Crippen LogP contribution in [0.4, 0.5) is 5.69 Å². The maximum absolute atomic E-state index is 5.84. The number of nitrogens with two attached hydrogens (primary N) is 1. The first-order valence-electron chi connectivity index (χ1n) is 8.51. The third-order valence-corrected chi connectivity index (χ3v) is 4.51. The van der Waals surface area contributed by atoms with Crippen molar-refractivity contribution in [3.63, 3.8) is 0 Å². The maximum Gasteiger partial charge on any atom is 0.0408 e. The van der Waals surface area contributed by atoms with E-state index in [0.717, 1.165) is 24.4 Å². The Hall–Kier alpha value is -2.06. The summed E-state index contributed by atoms with van der Waals surface area (Å²) in [5.74, 6) is 0.536. The molecule has 0 bridgehead atoms. The van der Waals surface area contributed by atoms with Gasteiger partial charge in [-0.25, -0.2) is 0 Å². The van der Waals surface area contributed by atoms with Crippen LogP contribution in [0.25, 0.3) is 5.70 Å². The topological polar surface area (TPSA) is 29.3 Å². The summed E-state index contributed by atoms with van der Waals surface area (Å²) in [7, 11) is 2.06. The van der Waals surface area contributed by atoms with Crippen LogP contribution in [0.2, 0.25) is 0 Å². The second kappa shape index (κ2) is 7.98. The molecular formula is C21H28N2. The Morgan fingerprint density at radius 1 is 1.17 bits per heavy atom. The highest BCUT2D eigenvalue weighted by atomic mass is 15.1. The Labute approximate surface area is 140 Å². The molecule has 0 aliphatic heterocycles. The van der Waals surface area contributed by atoms with Crippen LogP contribution in [-0.2, 0) is 6.42 Å². The first kappa shape index (κ1) is 17.3. The summed E-state index contributed by atoms with van der Waals surface area (Å²) in [6, 6.07) is 17.0. The predicted octanol–water partition coefficient (Wildman–Crippen LogP) is 4.81. The minimum absolute atomic E-state index is 0.536. The molecule has 122 valence electrons. The molecule has 2 N–H and O–H groups in total. The van der Waals surface area contributed by atoms with Crippen molar-refractivity contribution in [3.05, 3.63) is 71.8 Å². The Bertz CT molecular complexity index is 646. The van der Waals surface area contributed by atoms with E-state index >= 15 is 0 Å². The first-order valence-corrected chi connectivity index (χ1v) is 8.51. The van der Waals surface area contributed by atoms with Crippen LogP contribution >= 0.6 is 0 Å². The predicted molar refractivity (Wildman–Crippen MR) is 102 cm³/mol. The van der Waals surface area contributed by atoms with Crippen molar-refractivity contribution in [2.75, 3.05) is 18.5 Å². The summed E-state index contributed by atoms with van der Waals surface area (Å²) < 4.78 is 0. The summed E-state index contributed by atoms with van der Waals surface area (Å²) >= 11 is 0.